The number of furan rings is 1. The summed E-state index contributed by atoms with van der Waals surface area (Å²) in [6.45, 7) is 15.2. The molecule has 4 aromatic heterocycles. The molecule has 5 nitrogen and oxygen atoms in total. The third-order valence-electron chi connectivity index (χ3n) is 11.1. The summed E-state index contributed by atoms with van der Waals surface area (Å²) in [7, 11) is 0. The minimum absolute atomic E-state index is 0. The Labute approximate surface area is 371 Å². The molecule has 4 heterocycles. The maximum Gasteiger partial charge on any atom is 0.142 e. The van der Waals surface area contributed by atoms with Crippen LogP contribution in [0.3, 0.4) is 0 Å². The van der Waals surface area contributed by atoms with E-state index in [-0.39, 0.29) is 31.9 Å². The molecule has 9 rings (SSSR count). The van der Waals surface area contributed by atoms with Crippen LogP contribution in [0.15, 0.2) is 126 Å². The molecule has 305 valence electrons. The summed E-state index contributed by atoms with van der Waals surface area (Å²) in [6.07, 6.45) is 2.04. The summed E-state index contributed by atoms with van der Waals surface area (Å²) in [5.74, 6) is 8.56. The van der Waals surface area contributed by atoms with Crippen LogP contribution in [-0.2, 0) is 20.1 Å². The second kappa shape index (κ2) is 17.5. The monoisotopic (exact) mass is 1030 g/mol. The number of benzene rings is 5. The quantitative estimate of drug-likeness (QED) is 0.118. The molecule has 0 aliphatic heterocycles. The van der Waals surface area contributed by atoms with E-state index in [0.29, 0.717) is 0 Å². The van der Waals surface area contributed by atoms with Crippen molar-refractivity contribution in [1.82, 2.24) is 19.5 Å². The van der Waals surface area contributed by atoms with Gasteiger partial charge in [-0.15, -0.1) is 18.2 Å². The fourth-order valence-electron chi connectivity index (χ4n) is 7.91. The van der Waals surface area contributed by atoms with Crippen molar-refractivity contribution in [2.45, 2.75) is 77.6 Å². The first-order valence-corrected chi connectivity index (χ1v) is 28.0. The average molecular weight is 1030 g/mol. The molecule has 0 spiro atoms. The van der Waals surface area contributed by atoms with Gasteiger partial charge in [-0.3, -0.25) is 9.97 Å². The number of hydrogen-bond donors (Lipinski definition) is 0. The number of para-hydroxylation sites is 2. The van der Waals surface area contributed by atoms with E-state index in [1.165, 1.54) is 37.9 Å². The van der Waals surface area contributed by atoms with Gasteiger partial charge in [0.1, 0.15) is 5.58 Å². The number of nitrogens with zero attached hydrogens (tertiary/aromatic N) is 4. The molecular weight excluding hydrogens is 973 g/mol. The summed E-state index contributed by atoms with van der Waals surface area (Å²) >= 11 is -1.73. The van der Waals surface area contributed by atoms with Crippen molar-refractivity contribution in [3.05, 3.63) is 162 Å². The average Bonchev–Trinajstić information content (AvgIpc) is 3.80. The fourth-order valence-corrected chi connectivity index (χ4v) is 10.1. The van der Waals surface area contributed by atoms with Crippen LogP contribution < -0.4 is 4.40 Å². The molecule has 0 fully saturated rings. The zero-order chi connectivity index (χ0) is 41.6. The van der Waals surface area contributed by atoms with E-state index in [9.17, 15) is 0 Å². The van der Waals surface area contributed by atoms with Crippen molar-refractivity contribution in [3.8, 4) is 39.5 Å². The van der Waals surface area contributed by atoms with E-state index in [1.807, 2.05) is 32.2 Å². The predicted octanol–water partition coefficient (Wildman–Crippen LogP) is 13.7. The Morgan fingerprint density at radius 3 is 2.02 bits per heavy atom. The van der Waals surface area contributed by atoms with Crippen LogP contribution in [0.5, 0.6) is 0 Å². The first-order valence-electron chi connectivity index (χ1n) is 20.7. The topological polar surface area (TPSA) is 56.7 Å². The Bertz CT molecular complexity index is 2910. The van der Waals surface area contributed by atoms with Gasteiger partial charge in [0.25, 0.3) is 0 Å². The zero-order valence-corrected chi connectivity index (χ0v) is 40.7. The predicted molar refractivity (Wildman–Crippen MR) is 250 cm³/mol. The first-order chi connectivity index (χ1) is 28.3. The van der Waals surface area contributed by atoms with Gasteiger partial charge in [-0.25, -0.2) is 0 Å². The number of fused-ring (bicyclic) bond motifs is 4. The summed E-state index contributed by atoms with van der Waals surface area (Å²) < 4.78 is 10.4. The molecule has 60 heavy (non-hydrogen) atoms. The van der Waals surface area contributed by atoms with Crippen LogP contribution >= 0.6 is 0 Å². The summed E-state index contributed by atoms with van der Waals surface area (Å²) in [6, 6.07) is 47.3. The van der Waals surface area contributed by atoms with Crippen LogP contribution in [0.4, 0.5) is 0 Å². The van der Waals surface area contributed by atoms with Gasteiger partial charge < -0.3 is 8.98 Å². The van der Waals surface area contributed by atoms with E-state index in [4.69, 9.17) is 9.40 Å². The van der Waals surface area contributed by atoms with E-state index in [1.54, 1.807) is 0 Å². The van der Waals surface area contributed by atoms with Gasteiger partial charge in [-0.1, -0.05) is 81.1 Å². The second-order valence-corrected chi connectivity index (χ2v) is 28.0. The summed E-state index contributed by atoms with van der Waals surface area (Å²) in [4.78, 5) is 14.5. The smallest absolute Gasteiger partial charge is 0.142 e. The zero-order valence-electron chi connectivity index (χ0n) is 36.2. The molecule has 0 atom stereocenters. The van der Waals surface area contributed by atoms with Gasteiger partial charge in [-0.05, 0) is 78.3 Å². The first kappa shape index (κ1) is 43.0. The molecule has 0 aliphatic carbocycles. The Morgan fingerprint density at radius 1 is 0.683 bits per heavy atom. The van der Waals surface area contributed by atoms with Crippen LogP contribution in [0.25, 0.3) is 72.4 Å². The van der Waals surface area contributed by atoms with Crippen LogP contribution in [0.1, 0.15) is 67.6 Å². The van der Waals surface area contributed by atoms with Crippen molar-refractivity contribution in [3.63, 3.8) is 0 Å². The number of aryl methyl sites for hydroxylation is 3. The molecule has 5 aromatic carbocycles. The molecule has 0 N–H and O–H groups in total. The molecule has 0 saturated carbocycles. The number of imidazole rings is 1. The third kappa shape index (κ3) is 8.43. The van der Waals surface area contributed by atoms with E-state index in [2.05, 4.69) is 182 Å². The number of hydrogen-bond acceptors (Lipinski definition) is 4. The fraction of sp³-hybridized carbons (Fsp3) is 0.226. The SMILES string of the molecule is Cc1c[c-]c(-c2cc[c]([Ge]([CH3])([CH3])[CH3])cn2)cc1.Cc1cc2c(oc3c(-c4nc5ccccc5n4-c4c(C(C)C)cc(-c5ccccc5)cc4C(C)C)[c-]ccc32)c(C)n1.[Ir]. The standard InChI is InChI=1S/C38H34N3O.C15H18GeN.Ir/c1-22(2)30-20-27(26-13-8-7-9-14-26)21-31(23(3)4)35(30)41-34-18-11-10-17-33(34)40-38(41)29-16-12-15-28-32-19-24(5)39-25(6)36(32)42-37(28)29;1-12-5-7-13(8-6-12)15-10-9-14(11-17-15)16(2,3)4;/h7-15,17-23H,1-6H3;5-7,9-11H,1-4H3;/q2*-1;. The molecule has 0 bridgehead atoms. The Hall–Kier alpha value is -5.14. The third-order valence-corrected chi connectivity index (χ3v) is 15.4. The molecule has 0 amide bonds. The molecule has 1 radical (unpaired) electrons. The normalized spacial score (nSPS) is 11.7. The molecule has 7 heteroatoms. The van der Waals surface area contributed by atoms with Gasteiger partial charge in [-0.2, -0.15) is 0 Å². The Morgan fingerprint density at radius 2 is 1.38 bits per heavy atom. The number of aromatic nitrogens is 4. The summed E-state index contributed by atoms with van der Waals surface area (Å²) in [5, 5.41) is 2.13. The van der Waals surface area contributed by atoms with Crippen molar-refractivity contribution in [2.75, 3.05) is 0 Å². The van der Waals surface area contributed by atoms with Crippen LogP contribution in [0.2, 0.25) is 17.3 Å². The van der Waals surface area contributed by atoms with Gasteiger partial charge in [0, 0.05) is 36.9 Å². The second-order valence-electron chi connectivity index (χ2n) is 17.3. The molecule has 0 unspecified atom stereocenters. The van der Waals surface area contributed by atoms with Crippen LogP contribution in [-0.4, -0.2) is 32.8 Å². The Balaban J connectivity index is 0.000000255. The van der Waals surface area contributed by atoms with Gasteiger partial charge in [0.15, 0.2) is 0 Å². The van der Waals surface area contributed by atoms with Gasteiger partial charge >= 0.3 is 106 Å². The molecule has 9 aromatic rings. The van der Waals surface area contributed by atoms with E-state index < -0.39 is 13.3 Å². The van der Waals surface area contributed by atoms with Crippen molar-refractivity contribution in [2.24, 2.45) is 0 Å². The minimum atomic E-state index is -1.73. The van der Waals surface area contributed by atoms with E-state index in [0.717, 1.165) is 67.0 Å². The minimum Gasteiger partial charge on any atom is -0.499 e. The van der Waals surface area contributed by atoms with Crippen molar-refractivity contribution < 1.29 is 24.5 Å². The van der Waals surface area contributed by atoms with Crippen molar-refractivity contribution in [1.29, 1.82) is 0 Å². The number of rotatable bonds is 7. The van der Waals surface area contributed by atoms with Gasteiger partial charge in [0.05, 0.1) is 28.1 Å². The van der Waals surface area contributed by atoms with E-state index >= 15 is 0 Å². The maximum absolute atomic E-state index is 6.60. The molecule has 0 aliphatic rings. The molecular formula is C53H52GeIrN4O-2. The maximum atomic E-state index is 6.60. The number of pyridine rings is 2. The van der Waals surface area contributed by atoms with Crippen molar-refractivity contribution >= 4 is 50.6 Å². The summed E-state index contributed by atoms with van der Waals surface area (Å²) in [5.41, 5.74) is 15.9. The van der Waals surface area contributed by atoms with Crippen LogP contribution in [0, 0.1) is 32.9 Å². The largest absolute Gasteiger partial charge is 0.499 e. The Kier molecular flexibility index (Phi) is 12.5. The molecule has 0 saturated heterocycles. The van der Waals surface area contributed by atoms with Gasteiger partial charge in [0.2, 0.25) is 0 Å².